The maximum absolute atomic E-state index is 7.32. The first kappa shape index (κ1) is 21.2. The van der Waals surface area contributed by atoms with Crippen LogP contribution in [0.3, 0.4) is 0 Å². The highest BCUT2D eigenvalue weighted by molar-refractivity contribution is 6.65. The molecule has 1 aromatic heterocycles. The summed E-state index contributed by atoms with van der Waals surface area (Å²) in [4.78, 5) is 0. The quantitative estimate of drug-likeness (QED) is 0.183. The summed E-state index contributed by atoms with van der Waals surface area (Å²) in [5, 5.41) is 7.08. The van der Waals surface area contributed by atoms with Crippen LogP contribution in [0.15, 0.2) is 121 Å². The third-order valence-electron chi connectivity index (χ3n) is 9.61. The molecule has 0 saturated heterocycles. The first-order valence-electron chi connectivity index (χ1n) is 14.5. The van der Waals surface area contributed by atoms with E-state index in [9.17, 15) is 0 Å². The van der Waals surface area contributed by atoms with E-state index in [1.165, 1.54) is 32.7 Å². The Bertz CT molecular complexity index is 2490. The monoisotopic (exact) mass is 536 g/mol. The summed E-state index contributed by atoms with van der Waals surface area (Å²) in [5.41, 5.74) is 9.10. The predicted molar refractivity (Wildman–Crippen MR) is 169 cm³/mol. The van der Waals surface area contributed by atoms with Gasteiger partial charge in [-0.25, -0.2) is 0 Å². The molecule has 1 unspecified atom stereocenters. The van der Waals surface area contributed by atoms with Gasteiger partial charge in [0.2, 0.25) is 0 Å². The molecule has 4 aliphatic heterocycles. The average molecular weight is 536 g/mol. The van der Waals surface area contributed by atoms with E-state index in [2.05, 4.69) is 136 Å². The van der Waals surface area contributed by atoms with Crippen LogP contribution in [-0.2, 0) is 0 Å². The zero-order valence-corrected chi connectivity index (χ0v) is 22.4. The molecule has 1 spiro atoms. The number of rotatable bonds is 0. The SMILES string of the molecule is C1=C2c3ccccc3C3=[N+]2[B-]2(Oc4cc5ccccc5cc43)Oc3cc4ccccc4cc3-c3c4ccccc4c1n32. The van der Waals surface area contributed by atoms with Gasteiger partial charge in [0, 0.05) is 33.8 Å². The molecule has 6 aromatic carbocycles. The lowest BCUT2D eigenvalue weighted by atomic mass is 9.77. The number of benzene rings is 6. The summed E-state index contributed by atoms with van der Waals surface area (Å²) in [5.74, 6) is 1.69. The van der Waals surface area contributed by atoms with Crippen molar-refractivity contribution in [3.05, 3.63) is 144 Å². The van der Waals surface area contributed by atoms with Crippen molar-refractivity contribution in [1.29, 1.82) is 0 Å². The minimum atomic E-state index is -2.24. The maximum atomic E-state index is 7.32. The Morgan fingerprint density at radius 3 is 1.79 bits per heavy atom. The van der Waals surface area contributed by atoms with Crippen molar-refractivity contribution >= 4 is 56.6 Å². The lowest BCUT2D eigenvalue weighted by molar-refractivity contribution is -0.330. The van der Waals surface area contributed by atoms with Gasteiger partial charge in [0.05, 0.1) is 28.2 Å². The summed E-state index contributed by atoms with van der Waals surface area (Å²) in [7, 11) is 0. The normalized spacial score (nSPS) is 18.5. The Balaban J connectivity index is 1.35. The summed E-state index contributed by atoms with van der Waals surface area (Å²) in [6.45, 7) is -2.24. The molecule has 0 fully saturated rings. The lowest BCUT2D eigenvalue weighted by Gasteiger charge is -2.47. The van der Waals surface area contributed by atoms with Crippen LogP contribution in [0.1, 0.15) is 22.4 Å². The molecule has 0 amide bonds. The van der Waals surface area contributed by atoms with Gasteiger partial charge in [0.15, 0.2) is 11.4 Å². The zero-order chi connectivity index (χ0) is 27.2. The average Bonchev–Trinajstić information content (AvgIpc) is 3.55. The molecule has 0 aliphatic carbocycles. The maximum Gasteiger partial charge on any atom is 0.780 e. The Hall–Kier alpha value is -5.55. The van der Waals surface area contributed by atoms with Crippen LogP contribution >= 0.6 is 0 Å². The third kappa shape index (κ3) is 2.34. The smallest absolute Gasteiger partial charge is 0.601 e. The summed E-state index contributed by atoms with van der Waals surface area (Å²) >= 11 is 0. The molecule has 5 heterocycles. The van der Waals surface area contributed by atoms with Gasteiger partial charge in [-0.2, -0.15) is 0 Å². The van der Waals surface area contributed by atoms with Crippen LogP contribution in [0.25, 0.3) is 55.3 Å². The summed E-state index contributed by atoms with van der Waals surface area (Å²) in [6.07, 6.45) is 2.34. The minimum absolute atomic E-state index is 0.844. The molecule has 0 N–H and O–H groups in total. The van der Waals surface area contributed by atoms with E-state index < -0.39 is 6.82 Å². The second kappa shape index (κ2) is 7.02. The fourth-order valence-corrected chi connectivity index (χ4v) is 7.92. The zero-order valence-electron chi connectivity index (χ0n) is 22.4. The Labute approximate surface area is 241 Å². The minimum Gasteiger partial charge on any atom is -0.601 e. The van der Waals surface area contributed by atoms with Gasteiger partial charge in [0.25, 0.3) is 0 Å². The second-order valence-electron chi connectivity index (χ2n) is 11.7. The molecule has 0 bridgehead atoms. The molecule has 11 rings (SSSR count). The first-order chi connectivity index (χ1) is 20.8. The molecule has 194 valence electrons. The molecule has 1 atom stereocenters. The molecular formula is C37H21BN2O2. The number of hydrogen-bond donors (Lipinski definition) is 0. The van der Waals surface area contributed by atoms with E-state index in [1.807, 2.05) is 0 Å². The van der Waals surface area contributed by atoms with Crippen molar-refractivity contribution in [3.8, 4) is 22.8 Å². The van der Waals surface area contributed by atoms with Crippen molar-refractivity contribution in [3.63, 3.8) is 0 Å². The van der Waals surface area contributed by atoms with E-state index in [0.717, 1.165) is 56.2 Å². The number of nitrogens with zero attached hydrogens (tertiary/aromatic N) is 2. The summed E-state index contributed by atoms with van der Waals surface area (Å²) < 4.78 is 19.3. The molecule has 0 radical (unpaired) electrons. The first-order valence-corrected chi connectivity index (χ1v) is 14.5. The standard InChI is InChI=1S/C37H21BN2O2/c1-3-11-24-19-34-30(17-22(24)9-1)36-28-15-7-5-13-26(28)32-21-33-27-14-6-8-16-29(27)37-31-18-23-10-2-4-12-25(23)20-35(31)42-38(41-34,39(32)36)40(33)37/h1-21H. The Morgan fingerprint density at radius 2 is 1.07 bits per heavy atom. The third-order valence-corrected chi connectivity index (χ3v) is 9.61. The van der Waals surface area contributed by atoms with Gasteiger partial charge in [-0.1, -0.05) is 84.9 Å². The van der Waals surface area contributed by atoms with E-state index in [4.69, 9.17) is 9.31 Å². The van der Waals surface area contributed by atoms with E-state index in [0.29, 0.717) is 0 Å². The van der Waals surface area contributed by atoms with Crippen LogP contribution in [0, 0.1) is 0 Å². The van der Waals surface area contributed by atoms with Crippen molar-refractivity contribution in [2.45, 2.75) is 0 Å². The summed E-state index contributed by atoms with van der Waals surface area (Å²) in [6, 6.07) is 43.4. The number of fused-ring (bicyclic) bond motifs is 12. The van der Waals surface area contributed by atoms with E-state index in [1.54, 1.807) is 0 Å². The molecule has 7 aromatic rings. The Morgan fingerprint density at radius 1 is 0.524 bits per heavy atom. The van der Waals surface area contributed by atoms with Gasteiger partial charge >= 0.3 is 6.82 Å². The van der Waals surface area contributed by atoms with Crippen LogP contribution < -0.4 is 9.31 Å². The van der Waals surface area contributed by atoms with Crippen LogP contribution in [0.4, 0.5) is 0 Å². The highest BCUT2D eigenvalue weighted by Gasteiger charge is 2.64. The van der Waals surface area contributed by atoms with Gasteiger partial charge < -0.3 is 18.3 Å². The molecule has 4 nitrogen and oxygen atoms in total. The number of aromatic nitrogens is 1. The topological polar surface area (TPSA) is 26.4 Å². The van der Waals surface area contributed by atoms with Crippen molar-refractivity contribution in [2.24, 2.45) is 0 Å². The molecule has 5 heteroatoms. The molecule has 42 heavy (non-hydrogen) atoms. The highest BCUT2D eigenvalue weighted by Crippen LogP contribution is 2.53. The Kier molecular flexibility index (Phi) is 3.55. The van der Waals surface area contributed by atoms with E-state index in [-0.39, 0.29) is 0 Å². The van der Waals surface area contributed by atoms with Gasteiger partial charge in [0.1, 0.15) is 0 Å². The second-order valence-corrected chi connectivity index (χ2v) is 11.7. The van der Waals surface area contributed by atoms with Gasteiger partial charge in [-0.05, 0) is 57.9 Å². The van der Waals surface area contributed by atoms with Crippen molar-refractivity contribution < 1.29 is 13.8 Å². The molecule has 4 aliphatic rings. The van der Waals surface area contributed by atoms with E-state index >= 15 is 0 Å². The fraction of sp³-hybridized carbons (Fsp3) is 0. The highest BCUT2D eigenvalue weighted by atomic mass is 16.6. The van der Waals surface area contributed by atoms with Crippen molar-refractivity contribution in [2.75, 3.05) is 0 Å². The molecular weight excluding hydrogens is 515 g/mol. The predicted octanol–water partition coefficient (Wildman–Crippen LogP) is 8.06. The lowest BCUT2D eigenvalue weighted by Crippen LogP contribution is -2.69. The van der Waals surface area contributed by atoms with Crippen LogP contribution in [0.2, 0.25) is 0 Å². The number of hydrogen-bond acceptors (Lipinski definition) is 2. The largest absolute Gasteiger partial charge is 0.780 e. The van der Waals surface area contributed by atoms with Gasteiger partial charge in [-0.15, -0.1) is 0 Å². The van der Waals surface area contributed by atoms with Crippen molar-refractivity contribution in [1.82, 2.24) is 4.48 Å². The fourth-order valence-electron chi connectivity index (χ4n) is 7.92. The van der Waals surface area contributed by atoms with Crippen LogP contribution in [0.5, 0.6) is 11.5 Å². The molecule has 0 saturated carbocycles. The van der Waals surface area contributed by atoms with Gasteiger partial charge in [-0.3, -0.25) is 0 Å². The van der Waals surface area contributed by atoms with Crippen LogP contribution in [-0.4, -0.2) is 21.5 Å².